The predicted octanol–water partition coefficient (Wildman–Crippen LogP) is 0.940. The standard InChI is InChI=1S/C10H14N2O3/c1-6-5-11(2)9-8(15-6)4-7(10(13)14)12(9)3/h4,6H,5H2,1-3H3,(H,13,14). The smallest absolute Gasteiger partial charge is 0.352 e. The van der Waals surface area contributed by atoms with Gasteiger partial charge in [0, 0.05) is 20.2 Å². The van der Waals surface area contributed by atoms with Crippen LogP contribution in [0.25, 0.3) is 0 Å². The van der Waals surface area contributed by atoms with Crippen molar-refractivity contribution in [3.63, 3.8) is 0 Å². The average molecular weight is 210 g/mol. The summed E-state index contributed by atoms with van der Waals surface area (Å²) < 4.78 is 7.23. The Labute approximate surface area is 87.9 Å². The van der Waals surface area contributed by atoms with Gasteiger partial charge in [-0.25, -0.2) is 4.79 Å². The predicted molar refractivity (Wildman–Crippen MR) is 55.7 cm³/mol. The number of carboxylic acid groups (broad SMARTS) is 1. The first-order chi connectivity index (χ1) is 7.00. The van der Waals surface area contributed by atoms with Crippen LogP contribution in [0, 0.1) is 0 Å². The lowest BCUT2D eigenvalue weighted by Crippen LogP contribution is -2.36. The van der Waals surface area contributed by atoms with Gasteiger partial charge >= 0.3 is 5.97 Å². The van der Waals surface area contributed by atoms with Crippen molar-refractivity contribution in [3.8, 4) is 5.75 Å². The van der Waals surface area contributed by atoms with E-state index >= 15 is 0 Å². The highest BCUT2D eigenvalue weighted by molar-refractivity contribution is 5.88. The molecular formula is C10H14N2O3. The zero-order chi connectivity index (χ0) is 11.2. The molecule has 0 saturated carbocycles. The number of aromatic carboxylic acids is 1. The Bertz CT molecular complexity index is 411. The van der Waals surface area contributed by atoms with Gasteiger partial charge in [0.15, 0.2) is 11.6 Å². The van der Waals surface area contributed by atoms with E-state index in [0.29, 0.717) is 5.75 Å². The van der Waals surface area contributed by atoms with Crippen LogP contribution in [0.5, 0.6) is 5.75 Å². The minimum absolute atomic E-state index is 0.0894. The maximum Gasteiger partial charge on any atom is 0.352 e. The molecule has 82 valence electrons. The van der Waals surface area contributed by atoms with Crippen LogP contribution >= 0.6 is 0 Å². The van der Waals surface area contributed by atoms with Gasteiger partial charge < -0.3 is 19.3 Å². The molecule has 15 heavy (non-hydrogen) atoms. The Kier molecular flexibility index (Phi) is 2.10. The molecule has 1 unspecified atom stereocenters. The van der Waals surface area contributed by atoms with Gasteiger partial charge in [-0.15, -0.1) is 0 Å². The van der Waals surface area contributed by atoms with E-state index in [4.69, 9.17) is 9.84 Å². The highest BCUT2D eigenvalue weighted by Gasteiger charge is 2.27. The Balaban J connectivity index is 2.52. The van der Waals surface area contributed by atoms with Crippen molar-refractivity contribution < 1.29 is 14.6 Å². The summed E-state index contributed by atoms with van der Waals surface area (Å²) in [5.41, 5.74) is 0.251. The molecule has 5 heteroatoms. The lowest BCUT2D eigenvalue weighted by atomic mass is 10.3. The van der Waals surface area contributed by atoms with Crippen molar-refractivity contribution in [2.75, 3.05) is 18.5 Å². The molecule has 1 aromatic heterocycles. The van der Waals surface area contributed by atoms with Crippen LogP contribution in [-0.4, -0.2) is 35.3 Å². The van der Waals surface area contributed by atoms with Crippen LogP contribution < -0.4 is 9.64 Å². The van der Waals surface area contributed by atoms with E-state index in [2.05, 4.69) is 0 Å². The van der Waals surface area contributed by atoms with Gasteiger partial charge in [-0.05, 0) is 6.92 Å². The fraction of sp³-hybridized carbons (Fsp3) is 0.500. The number of rotatable bonds is 1. The Hall–Kier alpha value is -1.65. The first kappa shape index (κ1) is 9.89. The first-order valence-electron chi connectivity index (χ1n) is 4.81. The molecule has 0 saturated heterocycles. The molecule has 2 rings (SSSR count). The molecule has 1 aliphatic heterocycles. The molecular weight excluding hydrogens is 196 g/mol. The van der Waals surface area contributed by atoms with Gasteiger partial charge in [0.2, 0.25) is 0 Å². The summed E-state index contributed by atoms with van der Waals surface area (Å²) in [7, 11) is 3.67. The van der Waals surface area contributed by atoms with Gasteiger partial charge in [-0.2, -0.15) is 0 Å². The number of anilines is 1. The number of hydrogen-bond donors (Lipinski definition) is 1. The Morgan fingerprint density at radius 3 is 2.87 bits per heavy atom. The number of aromatic nitrogens is 1. The monoisotopic (exact) mass is 210 g/mol. The maximum atomic E-state index is 10.9. The number of carbonyl (C=O) groups is 1. The summed E-state index contributed by atoms with van der Waals surface area (Å²) in [4.78, 5) is 12.9. The summed E-state index contributed by atoms with van der Waals surface area (Å²) in [6.45, 7) is 2.73. The molecule has 0 spiro atoms. The summed E-state index contributed by atoms with van der Waals surface area (Å²) in [6.07, 6.45) is 0.0894. The first-order valence-corrected chi connectivity index (χ1v) is 4.81. The van der Waals surface area contributed by atoms with Crippen LogP contribution in [0.3, 0.4) is 0 Å². The molecule has 0 radical (unpaired) electrons. The molecule has 0 aromatic carbocycles. The van der Waals surface area contributed by atoms with E-state index in [0.717, 1.165) is 12.4 Å². The van der Waals surface area contributed by atoms with Crippen molar-refractivity contribution in [2.24, 2.45) is 7.05 Å². The number of hydrogen-bond acceptors (Lipinski definition) is 3. The molecule has 0 fully saturated rings. The van der Waals surface area contributed by atoms with E-state index in [1.807, 2.05) is 18.9 Å². The van der Waals surface area contributed by atoms with E-state index in [9.17, 15) is 4.79 Å². The van der Waals surface area contributed by atoms with Crippen LogP contribution in [0.4, 0.5) is 5.82 Å². The highest BCUT2D eigenvalue weighted by Crippen LogP contribution is 2.35. The minimum atomic E-state index is -0.934. The van der Waals surface area contributed by atoms with Crippen molar-refractivity contribution in [2.45, 2.75) is 13.0 Å². The third-order valence-electron chi connectivity index (χ3n) is 2.61. The van der Waals surface area contributed by atoms with Crippen LogP contribution in [0.15, 0.2) is 6.07 Å². The lowest BCUT2D eigenvalue weighted by Gasteiger charge is -2.30. The number of carboxylic acids is 1. The Morgan fingerprint density at radius 1 is 1.60 bits per heavy atom. The average Bonchev–Trinajstić information content (AvgIpc) is 2.42. The number of nitrogens with zero attached hydrogens (tertiary/aromatic N) is 2. The molecule has 1 aromatic rings. The topological polar surface area (TPSA) is 54.7 Å². The van der Waals surface area contributed by atoms with Crippen molar-refractivity contribution in [1.29, 1.82) is 0 Å². The van der Waals surface area contributed by atoms with Crippen LogP contribution in [0.2, 0.25) is 0 Å². The number of fused-ring (bicyclic) bond motifs is 1. The van der Waals surface area contributed by atoms with Gasteiger partial charge in [-0.1, -0.05) is 0 Å². The molecule has 1 N–H and O–H groups in total. The molecule has 1 atom stereocenters. The third kappa shape index (κ3) is 1.44. The number of likely N-dealkylation sites (N-methyl/N-ethyl adjacent to an activating group) is 1. The lowest BCUT2D eigenvalue weighted by molar-refractivity contribution is 0.0686. The zero-order valence-electron chi connectivity index (χ0n) is 9.02. The van der Waals surface area contributed by atoms with E-state index < -0.39 is 5.97 Å². The minimum Gasteiger partial charge on any atom is -0.485 e. The van der Waals surface area contributed by atoms with Crippen molar-refractivity contribution >= 4 is 11.8 Å². The van der Waals surface area contributed by atoms with E-state index in [1.165, 1.54) is 0 Å². The summed E-state index contributed by atoms with van der Waals surface area (Å²) >= 11 is 0. The molecule has 0 aliphatic carbocycles. The summed E-state index contributed by atoms with van der Waals surface area (Å²) in [6, 6.07) is 1.57. The Morgan fingerprint density at radius 2 is 2.27 bits per heavy atom. The number of ether oxygens (including phenoxy) is 1. The van der Waals surface area contributed by atoms with Gasteiger partial charge in [-0.3, -0.25) is 0 Å². The maximum absolute atomic E-state index is 10.9. The molecule has 2 heterocycles. The second kappa shape index (κ2) is 3.18. The van der Waals surface area contributed by atoms with E-state index in [-0.39, 0.29) is 11.8 Å². The quantitative estimate of drug-likeness (QED) is 0.749. The second-order valence-electron chi connectivity index (χ2n) is 3.89. The van der Waals surface area contributed by atoms with Crippen molar-refractivity contribution in [3.05, 3.63) is 11.8 Å². The van der Waals surface area contributed by atoms with Gasteiger partial charge in [0.25, 0.3) is 0 Å². The molecule has 1 aliphatic rings. The van der Waals surface area contributed by atoms with Gasteiger partial charge in [0.1, 0.15) is 11.8 Å². The fourth-order valence-electron chi connectivity index (χ4n) is 2.03. The summed E-state index contributed by atoms with van der Waals surface area (Å²) in [5.74, 6) is 0.540. The van der Waals surface area contributed by atoms with Crippen LogP contribution in [0.1, 0.15) is 17.4 Å². The highest BCUT2D eigenvalue weighted by atomic mass is 16.5. The third-order valence-corrected chi connectivity index (χ3v) is 2.61. The van der Waals surface area contributed by atoms with Gasteiger partial charge in [0.05, 0.1) is 6.54 Å². The largest absolute Gasteiger partial charge is 0.485 e. The SMILES string of the molecule is CC1CN(C)c2c(cc(C(=O)O)n2C)O1. The molecule has 5 nitrogen and oxygen atoms in total. The van der Waals surface area contributed by atoms with Crippen LogP contribution in [-0.2, 0) is 7.05 Å². The summed E-state index contributed by atoms with van der Waals surface area (Å²) in [5, 5.41) is 8.97. The zero-order valence-corrected chi connectivity index (χ0v) is 9.02. The fourth-order valence-corrected chi connectivity index (χ4v) is 2.03. The second-order valence-corrected chi connectivity index (χ2v) is 3.89. The normalized spacial score (nSPS) is 19.7. The molecule has 0 bridgehead atoms. The van der Waals surface area contributed by atoms with Crippen molar-refractivity contribution in [1.82, 2.24) is 4.57 Å². The molecule has 0 amide bonds. The van der Waals surface area contributed by atoms with E-state index in [1.54, 1.807) is 17.7 Å².